The number of H-pyrrole nitrogens is 1. The number of carbonyl (C=O) groups is 1. The molecule has 1 heterocycles. The van der Waals surface area contributed by atoms with Crippen LogP contribution in [0.15, 0.2) is 24.4 Å². The summed E-state index contributed by atoms with van der Waals surface area (Å²) >= 11 is 0. The number of aromatic amines is 1. The van der Waals surface area contributed by atoms with Gasteiger partial charge in [0.05, 0.1) is 0 Å². The molecule has 1 aromatic carbocycles. The monoisotopic (exact) mass is 316 g/mol. The van der Waals surface area contributed by atoms with Crippen molar-refractivity contribution >= 4 is 16.9 Å². The number of nitrogens with zero attached hydrogens (tertiary/aromatic N) is 1. The summed E-state index contributed by atoms with van der Waals surface area (Å²) < 4.78 is 5.35. The molecule has 1 aromatic heterocycles. The first-order valence-corrected chi connectivity index (χ1v) is 8.70. The Kier molecular flexibility index (Phi) is 6.66. The molecule has 4 heteroatoms. The second kappa shape index (κ2) is 8.73. The Morgan fingerprint density at radius 1 is 1.17 bits per heavy atom. The second-order valence-electron chi connectivity index (χ2n) is 5.93. The molecule has 23 heavy (non-hydrogen) atoms. The predicted molar refractivity (Wildman–Crippen MR) is 95.0 cm³/mol. The lowest BCUT2D eigenvalue weighted by atomic mass is 10.1. The summed E-state index contributed by atoms with van der Waals surface area (Å²) in [6, 6.07) is 5.85. The third-order valence-corrected chi connectivity index (χ3v) is 4.11. The van der Waals surface area contributed by atoms with Gasteiger partial charge in [0.2, 0.25) is 0 Å². The van der Waals surface area contributed by atoms with Crippen LogP contribution in [-0.2, 0) is 11.2 Å². The molecule has 0 aliphatic carbocycles. The first-order valence-electron chi connectivity index (χ1n) is 8.70. The lowest BCUT2D eigenvalue weighted by Crippen LogP contribution is -2.26. The molecule has 0 saturated carbocycles. The minimum absolute atomic E-state index is 0.170. The Morgan fingerprint density at radius 2 is 2.00 bits per heavy atom. The number of hydrogen-bond acceptors (Lipinski definition) is 3. The largest absolute Gasteiger partial charge is 0.426 e. The number of nitrogens with one attached hydrogen (secondary N) is 1. The molecule has 2 aromatic rings. The highest BCUT2D eigenvalue weighted by molar-refractivity contribution is 5.85. The molecule has 0 unspecified atom stereocenters. The summed E-state index contributed by atoms with van der Waals surface area (Å²) in [6.45, 7) is 9.71. The fourth-order valence-corrected chi connectivity index (χ4v) is 2.85. The van der Waals surface area contributed by atoms with E-state index in [1.54, 1.807) is 0 Å². The Balaban J connectivity index is 2.05. The first kappa shape index (κ1) is 17.5. The predicted octanol–water partition coefficient (Wildman–Crippen LogP) is 4.15. The normalized spacial score (nSPS) is 11.3. The molecule has 1 N–H and O–H groups in total. The van der Waals surface area contributed by atoms with E-state index in [0.29, 0.717) is 12.2 Å². The molecule has 0 spiro atoms. The van der Waals surface area contributed by atoms with Gasteiger partial charge >= 0.3 is 5.97 Å². The number of carbonyl (C=O) groups excluding carboxylic acids is 1. The van der Waals surface area contributed by atoms with E-state index in [9.17, 15) is 4.79 Å². The van der Waals surface area contributed by atoms with Gasteiger partial charge in [-0.25, -0.2) is 0 Å². The van der Waals surface area contributed by atoms with Crippen molar-refractivity contribution in [2.75, 3.05) is 19.6 Å². The molecule has 0 fully saturated rings. The van der Waals surface area contributed by atoms with E-state index in [1.165, 1.54) is 17.4 Å². The van der Waals surface area contributed by atoms with Gasteiger partial charge in [-0.15, -0.1) is 0 Å². The van der Waals surface area contributed by atoms with Crippen molar-refractivity contribution in [3.8, 4) is 5.75 Å². The van der Waals surface area contributed by atoms with Crippen LogP contribution in [0.2, 0.25) is 0 Å². The molecule has 0 aliphatic heterocycles. The number of hydrogen-bond donors (Lipinski definition) is 1. The zero-order chi connectivity index (χ0) is 16.7. The lowest BCUT2D eigenvalue weighted by molar-refractivity contribution is -0.134. The molecule has 0 atom stereocenters. The Hall–Kier alpha value is -1.81. The highest BCUT2D eigenvalue weighted by Crippen LogP contribution is 2.24. The van der Waals surface area contributed by atoms with E-state index in [4.69, 9.17) is 4.74 Å². The summed E-state index contributed by atoms with van der Waals surface area (Å²) in [6.07, 6.45) is 5.55. The van der Waals surface area contributed by atoms with Gasteiger partial charge < -0.3 is 14.6 Å². The quantitative estimate of drug-likeness (QED) is 0.558. The number of likely N-dealkylation sites (N-methyl/N-ethyl adjacent to an activating group) is 1. The molecule has 0 amide bonds. The number of aromatic nitrogens is 1. The number of rotatable bonds is 9. The van der Waals surface area contributed by atoms with E-state index in [0.717, 1.165) is 38.0 Å². The van der Waals surface area contributed by atoms with Crippen LogP contribution < -0.4 is 4.74 Å². The lowest BCUT2D eigenvalue weighted by Gasteiger charge is -2.19. The zero-order valence-electron chi connectivity index (χ0n) is 14.5. The van der Waals surface area contributed by atoms with Crippen molar-refractivity contribution in [3.63, 3.8) is 0 Å². The van der Waals surface area contributed by atoms with Crippen LogP contribution in [0, 0.1) is 0 Å². The molecular formula is C19H28N2O2. The Morgan fingerprint density at radius 3 is 2.70 bits per heavy atom. The third kappa shape index (κ3) is 4.83. The van der Waals surface area contributed by atoms with Crippen molar-refractivity contribution in [1.82, 2.24) is 9.88 Å². The molecule has 0 radical (unpaired) electrons. The van der Waals surface area contributed by atoms with Crippen LogP contribution in [0.1, 0.15) is 45.6 Å². The summed E-state index contributed by atoms with van der Waals surface area (Å²) in [4.78, 5) is 17.4. The van der Waals surface area contributed by atoms with E-state index in [1.807, 2.05) is 25.1 Å². The number of fused-ring (bicyclic) bond motifs is 1. The van der Waals surface area contributed by atoms with E-state index in [2.05, 4.69) is 29.9 Å². The minimum Gasteiger partial charge on any atom is -0.426 e. The third-order valence-electron chi connectivity index (χ3n) is 4.11. The highest BCUT2D eigenvalue weighted by atomic mass is 16.5. The first-order chi connectivity index (χ1) is 11.2. The fourth-order valence-electron chi connectivity index (χ4n) is 2.85. The standard InChI is InChI=1S/C19H28N2O2/c1-4-7-19(22)23-16-8-9-17-15(14-20-18(17)13-16)10-12-21(6-3)11-5-2/h8-9,13-14,20H,4-7,10-12H2,1-3H3. The second-order valence-corrected chi connectivity index (χ2v) is 5.93. The highest BCUT2D eigenvalue weighted by Gasteiger charge is 2.09. The molecular weight excluding hydrogens is 288 g/mol. The van der Waals surface area contributed by atoms with Crippen LogP contribution in [0.3, 0.4) is 0 Å². The van der Waals surface area contributed by atoms with Crippen LogP contribution in [0.4, 0.5) is 0 Å². The smallest absolute Gasteiger partial charge is 0.311 e. The summed E-state index contributed by atoms with van der Waals surface area (Å²) in [5.41, 5.74) is 2.35. The molecule has 0 saturated heterocycles. The van der Waals surface area contributed by atoms with Crippen molar-refractivity contribution in [1.29, 1.82) is 0 Å². The molecule has 0 bridgehead atoms. The van der Waals surface area contributed by atoms with Gasteiger partial charge in [0, 0.05) is 36.1 Å². The van der Waals surface area contributed by atoms with Gasteiger partial charge in [-0.3, -0.25) is 4.79 Å². The van der Waals surface area contributed by atoms with Gasteiger partial charge in [-0.05, 0) is 50.0 Å². The van der Waals surface area contributed by atoms with E-state index < -0.39 is 0 Å². The van der Waals surface area contributed by atoms with Crippen molar-refractivity contribution < 1.29 is 9.53 Å². The summed E-state index contributed by atoms with van der Waals surface area (Å²) in [7, 11) is 0. The Labute approximate surface area is 138 Å². The maximum atomic E-state index is 11.6. The van der Waals surface area contributed by atoms with Crippen molar-refractivity contribution in [2.45, 2.75) is 46.5 Å². The number of ether oxygens (including phenoxy) is 1. The molecule has 4 nitrogen and oxygen atoms in total. The van der Waals surface area contributed by atoms with Crippen LogP contribution >= 0.6 is 0 Å². The number of benzene rings is 1. The average molecular weight is 316 g/mol. The SMILES string of the molecule is CCCC(=O)Oc1ccc2c(CCN(CC)CCC)c[nH]c2c1. The maximum absolute atomic E-state index is 11.6. The van der Waals surface area contributed by atoms with Gasteiger partial charge in [0.1, 0.15) is 5.75 Å². The van der Waals surface area contributed by atoms with E-state index >= 15 is 0 Å². The van der Waals surface area contributed by atoms with Crippen LogP contribution in [0.5, 0.6) is 5.75 Å². The average Bonchev–Trinajstić information content (AvgIpc) is 2.94. The van der Waals surface area contributed by atoms with Gasteiger partial charge in [-0.1, -0.05) is 20.8 Å². The fraction of sp³-hybridized carbons (Fsp3) is 0.526. The van der Waals surface area contributed by atoms with Crippen molar-refractivity contribution in [3.05, 3.63) is 30.0 Å². The summed E-state index contributed by atoms with van der Waals surface area (Å²) in [5, 5.41) is 1.22. The van der Waals surface area contributed by atoms with Gasteiger partial charge in [-0.2, -0.15) is 0 Å². The van der Waals surface area contributed by atoms with Gasteiger partial charge in [0.25, 0.3) is 0 Å². The maximum Gasteiger partial charge on any atom is 0.311 e. The van der Waals surface area contributed by atoms with Gasteiger partial charge in [0.15, 0.2) is 0 Å². The molecule has 2 rings (SSSR count). The molecule has 126 valence electrons. The topological polar surface area (TPSA) is 45.3 Å². The zero-order valence-corrected chi connectivity index (χ0v) is 14.5. The summed E-state index contributed by atoms with van der Waals surface area (Å²) in [5.74, 6) is 0.447. The van der Waals surface area contributed by atoms with Crippen LogP contribution in [0.25, 0.3) is 10.9 Å². The molecule has 0 aliphatic rings. The van der Waals surface area contributed by atoms with Crippen LogP contribution in [-0.4, -0.2) is 35.5 Å². The minimum atomic E-state index is -0.170. The van der Waals surface area contributed by atoms with E-state index in [-0.39, 0.29) is 5.97 Å². The number of esters is 1. The van der Waals surface area contributed by atoms with Crippen molar-refractivity contribution in [2.24, 2.45) is 0 Å². The Bertz CT molecular complexity index is 633.